The van der Waals surface area contributed by atoms with Gasteiger partial charge in [0.05, 0.1) is 12.1 Å². The highest BCUT2D eigenvalue weighted by Crippen LogP contribution is 2.26. The molecule has 6 heteroatoms. The molecule has 2 rings (SSSR count). The van der Waals surface area contributed by atoms with E-state index in [4.69, 9.17) is 5.11 Å². The lowest BCUT2D eigenvalue weighted by Crippen LogP contribution is -2.30. The number of rotatable bonds is 5. The number of hydrogen-bond donors (Lipinski definition) is 2. The number of hydrazone groups is 1. The lowest BCUT2D eigenvalue weighted by Gasteiger charge is -2.24. The minimum Gasteiger partial charge on any atom is -0.465 e. The molecule has 20 heavy (non-hydrogen) atoms. The summed E-state index contributed by atoms with van der Waals surface area (Å²) in [4.78, 5) is 22.5. The third-order valence-corrected chi connectivity index (χ3v) is 4.15. The normalized spacial score (nSPS) is 21.8. The van der Waals surface area contributed by atoms with Gasteiger partial charge >= 0.3 is 6.09 Å². The Labute approximate surface area is 119 Å². The first kappa shape index (κ1) is 14.8. The summed E-state index contributed by atoms with van der Waals surface area (Å²) in [7, 11) is 0. The summed E-state index contributed by atoms with van der Waals surface area (Å²) in [6, 6.07) is 0. The molecule has 112 valence electrons. The number of nitrogens with zero attached hydrogens (tertiary/aromatic N) is 2. The minimum atomic E-state index is -1.04. The molecular formula is C14H23N3O3. The van der Waals surface area contributed by atoms with Gasteiger partial charge in [0.2, 0.25) is 5.91 Å². The largest absolute Gasteiger partial charge is 0.465 e. The molecule has 1 atom stereocenters. The fourth-order valence-corrected chi connectivity index (χ4v) is 2.88. The van der Waals surface area contributed by atoms with Crippen LogP contribution in [-0.2, 0) is 4.79 Å². The highest BCUT2D eigenvalue weighted by molar-refractivity contribution is 6.06. The maximum Gasteiger partial charge on any atom is 0.404 e. The maximum absolute atomic E-state index is 12.0. The van der Waals surface area contributed by atoms with E-state index in [-0.39, 0.29) is 11.8 Å². The van der Waals surface area contributed by atoms with Crippen LogP contribution in [0.4, 0.5) is 4.79 Å². The fourth-order valence-electron chi connectivity index (χ4n) is 2.88. The number of nitrogens with one attached hydrogen (secondary N) is 1. The van der Waals surface area contributed by atoms with Gasteiger partial charge in [-0.25, -0.2) is 9.80 Å². The lowest BCUT2D eigenvalue weighted by atomic mass is 9.89. The predicted molar refractivity (Wildman–Crippen MR) is 75.5 cm³/mol. The molecule has 1 saturated carbocycles. The maximum atomic E-state index is 12.0. The molecule has 2 N–H and O–H groups in total. The van der Waals surface area contributed by atoms with E-state index in [1.165, 1.54) is 32.1 Å². The predicted octanol–water partition coefficient (Wildman–Crippen LogP) is 2.06. The van der Waals surface area contributed by atoms with Crippen molar-refractivity contribution in [3.05, 3.63) is 0 Å². The number of carbonyl (C=O) groups is 2. The quantitative estimate of drug-likeness (QED) is 0.809. The van der Waals surface area contributed by atoms with E-state index in [9.17, 15) is 9.59 Å². The van der Waals surface area contributed by atoms with Gasteiger partial charge in [0, 0.05) is 19.0 Å². The van der Waals surface area contributed by atoms with E-state index in [0.717, 1.165) is 12.3 Å². The average Bonchev–Trinajstić information content (AvgIpc) is 2.79. The Kier molecular flexibility index (Phi) is 4.98. The summed E-state index contributed by atoms with van der Waals surface area (Å²) in [6.45, 7) is 2.92. The Morgan fingerprint density at radius 3 is 2.80 bits per heavy atom. The second kappa shape index (κ2) is 6.72. The Bertz CT molecular complexity index is 402. The molecule has 0 spiro atoms. The molecule has 1 aliphatic heterocycles. The average molecular weight is 281 g/mol. The summed E-state index contributed by atoms with van der Waals surface area (Å²) in [5, 5.41) is 16.9. The molecule has 0 saturated heterocycles. The van der Waals surface area contributed by atoms with Gasteiger partial charge in [-0.3, -0.25) is 4.79 Å². The van der Waals surface area contributed by atoms with Crippen LogP contribution in [0.3, 0.4) is 0 Å². The second-order valence-electron chi connectivity index (χ2n) is 5.84. The molecule has 2 aliphatic rings. The van der Waals surface area contributed by atoms with Gasteiger partial charge in [-0.15, -0.1) is 0 Å². The molecule has 6 nitrogen and oxygen atoms in total. The highest BCUT2D eigenvalue weighted by Gasteiger charge is 2.29. The van der Waals surface area contributed by atoms with Crippen LogP contribution < -0.4 is 5.32 Å². The number of carbonyl (C=O) groups excluding carboxylic acids is 1. The topological polar surface area (TPSA) is 82.0 Å². The van der Waals surface area contributed by atoms with E-state index in [1.54, 1.807) is 5.01 Å². The van der Waals surface area contributed by atoms with Crippen molar-refractivity contribution in [3.8, 4) is 0 Å². The van der Waals surface area contributed by atoms with Gasteiger partial charge in [-0.05, 0) is 18.8 Å². The first-order valence-corrected chi connectivity index (χ1v) is 7.40. The van der Waals surface area contributed by atoms with Crippen molar-refractivity contribution < 1.29 is 14.7 Å². The second-order valence-corrected chi connectivity index (χ2v) is 5.84. The van der Waals surface area contributed by atoms with Crippen molar-refractivity contribution in [2.75, 3.05) is 13.1 Å². The molecular weight excluding hydrogens is 258 g/mol. The van der Waals surface area contributed by atoms with Gasteiger partial charge in [-0.1, -0.05) is 26.2 Å². The first-order chi connectivity index (χ1) is 9.56. The summed E-state index contributed by atoms with van der Waals surface area (Å²) < 4.78 is 0. The van der Waals surface area contributed by atoms with E-state index >= 15 is 0 Å². The highest BCUT2D eigenvalue weighted by atomic mass is 16.4. The zero-order valence-electron chi connectivity index (χ0n) is 12.0. The Hall–Kier alpha value is -1.59. The molecule has 0 bridgehead atoms. The number of carboxylic acid groups (broad SMARTS) is 1. The molecule has 0 radical (unpaired) electrons. The van der Waals surface area contributed by atoms with Crippen LogP contribution in [0.15, 0.2) is 5.10 Å². The summed E-state index contributed by atoms with van der Waals surface area (Å²) >= 11 is 0. The van der Waals surface area contributed by atoms with Crippen molar-refractivity contribution >= 4 is 17.7 Å². The Balaban J connectivity index is 1.87. The van der Waals surface area contributed by atoms with Crippen molar-refractivity contribution in [3.63, 3.8) is 0 Å². The van der Waals surface area contributed by atoms with Gasteiger partial charge in [0.15, 0.2) is 0 Å². The molecule has 0 aromatic carbocycles. The van der Waals surface area contributed by atoms with Crippen molar-refractivity contribution in [2.45, 2.75) is 45.4 Å². The minimum absolute atomic E-state index is 0.0357. The van der Waals surface area contributed by atoms with Crippen molar-refractivity contribution in [1.29, 1.82) is 0 Å². The zero-order valence-corrected chi connectivity index (χ0v) is 12.0. The molecule has 1 heterocycles. The van der Waals surface area contributed by atoms with Crippen molar-refractivity contribution in [1.82, 2.24) is 10.3 Å². The van der Waals surface area contributed by atoms with Crippen LogP contribution in [0.25, 0.3) is 0 Å². The monoisotopic (exact) mass is 281 g/mol. The van der Waals surface area contributed by atoms with Gasteiger partial charge in [0.1, 0.15) is 0 Å². The molecule has 0 aromatic heterocycles. The summed E-state index contributed by atoms with van der Waals surface area (Å²) in [6.07, 6.45) is 5.47. The molecule has 1 fully saturated rings. The van der Waals surface area contributed by atoms with Gasteiger partial charge in [0.25, 0.3) is 0 Å². The van der Waals surface area contributed by atoms with E-state index in [0.29, 0.717) is 18.9 Å². The van der Waals surface area contributed by atoms with Crippen LogP contribution in [-0.4, -0.2) is 40.9 Å². The van der Waals surface area contributed by atoms with E-state index in [2.05, 4.69) is 10.4 Å². The Morgan fingerprint density at radius 2 is 2.15 bits per heavy atom. The zero-order chi connectivity index (χ0) is 14.5. The molecule has 0 aromatic rings. The number of amides is 2. The van der Waals surface area contributed by atoms with E-state index in [1.807, 2.05) is 6.92 Å². The third kappa shape index (κ3) is 3.95. The SMILES string of the molecule is CC(CNC(=O)O)C1=NN(CC2CCCCC2)C(=O)C1. The van der Waals surface area contributed by atoms with Crippen LogP contribution in [0, 0.1) is 11.8 Å². The number of hydrogen-bond acceptors (Lipinski definition) is 3. The molecule has 2 amide bonds. The van der Waals surface area contributed by atoms with Crippen LogP contribution in [0.1, 0.15) is 45.4 Å². The van der Waals surface area contributed by atoms with Crippen LogP contribution in [0.2, 0.25) is 0 Å². The van der Waals surface area contributed by atoms with Crippen molar-refractivity contribution in [2.24, 2.45) is 16.9 Å². The Morgan fingerprint density at radius 1 is 1.45 bits per heavy atom. The smallest absolute Gasteiger partial charge is 0.404 e. The third-order valence-electron chi connectivity index (χ3n) is 4.15. The first-order valence-electron chi connectivity index (χ1n) is 7.40. The standard InChI is InChI=1S/C14H23N3O3/c1-10(8-15-14(19)20)12-7-13(18)17(16-12)9-11-5-3-2-4-6-11/h10-11,15H,2-9H2,1H3,(H,19,20). The summed E-state index contributed by atoms with van der Waals surface area (Å²) in [5.41, 5.74) is 0.791. The van der Waals surface area contributed by atoms with Gasteiger partial charge < -0.3 is 10.4 Å². The van der Waals surface area contributed by atoms with Crippen LogP contribution in [0.5, 0.6) is 0 Å². The van der Waals surface area contributed by atoms with Gasteiger partial charge in [-0.2, -0.15) is 5.10 Å². The molecule has 1 unspecified atom stereocenters. The van der Waals surface area contributed by atoms with Crippen LogP contribution >= 0.6 is 0 Å². The lowest BCUT2D eigenvalue weighted by molar-refractivity contribution is -0.129. The fraction of sp³-hybridized carbons (Fsp3) is 0.786. The van der Waals surface area contributed by atoms with E-state index < -0.39 is 6.09 Å². The molecule has 1 aliphatic carbocycles. The summed E-state index contributed by atoms with van der Waals surface area (Å²) in [5.74, 6) is 0.586.